The van der Waals surface area contributed by atoms with Crippen LogP contribution in [0.3, 0.4) is 0 Å². The van der Waals surface area contributed by atoms with Crippen LogP contribution in [-0.2, 0) is 11.3 Å². The summed E-state index contributed by atoms with van der Waals surface area (Å²) in [6, 6.07) is 6.36. The van der Waals surface area contributed by atoms with E-state index in [1.165, 1.54) is 53.6 Å². The van der Waals surface area contributed by atoms with E-state index in [0.29, 0.717) is 16.7 Å². The summed E-state index contributed by atoms with van der Waals surface area (Å²) in [5.74, 6) is -1.20. The molecule has 1 unspecified atom stereocenters. The van der Waals surface area contributed by atoms with Crippen molar-refractivity contribution in [3.05, 3.63) is 88.0 Å². The van der Waals surface area contributed by atoms with Crippen LogP contribution < -0.4 is 16.2 Å². The van der Waals surface area contributed by atoms with Crippen molar-refractivity contribution in [2.45, 2.75) is 19.5 Å². The minimum Gasteiger partial charge on any atom is -0.309 e. The fourth-order valence-electron chi connectivity index (χ4n) is 2.68. The van der Waals surface area contributed by atoms with Crippen LogP contribution in [0.4, 0.5) is 10.2 Å². The van der Waals surface area contributed by atoms with Crippen LogP contribution >= 0.6 is 0 Å². The lowest BCUT2D eigenvalue weighted by molar-refractivity contribution is -0.117. The molecular weight excluding hydrogens is 389 g/mol. The highest BCUT2D eigenvalue weighted by molar-refractivity contribution is 6.08. The van der Waals surface area contributed by atoms with Gasteiger partial charge in [-0.1, -0.05) is 0 Å². The maximum absolute atomic E-state index is 13.1. The van der Waals surface area contributed by atoms with Gasteiger partial charge in [-0.25, -0.2) is 9.37 Å². The second kappa shape index (κ2) is 9.19. The van der Waals surface area contributed by atoms with Gasteiger partial charge in [0.15, 0.2) is 11.6 Å². The molecule has 0 saturated heterocycles. The third-order valence-corrected chi connectivity index (χ3v) is 4.50. The van der Waals surface area contributed by atoms with Crippen LogP contribution in [0.15, 0.2) is 59.9 Å². The van der Waals surface area contributed by atoms with Gasteiger partial charge in [0.25, 0.3) is 5.56 Å². The van der Waals surface area contributed by atoms with Gasteiger partial charge >= 0.3 is 0 Å². The molecule has 0 radical (unpaired) electrons. The van der Waals surface area contributed by atoms with Crippen LogP contribution in [0.5, 0.6) is 0 Å². The van der Waals surface area contributed by atoms with E-state index in [4.69, 9.17) is 0 Å². The predicted molar refractivity (Wildman–Crippen MR) is 109 cm³/mol. The number of aromatic nitrogens is 3. The first kappa shape index (κ1) is 21.0. The van der Waals surface area contributed by atoms with Crippen molar-refractivity contribution in [3.8, 4) is 0 Å². The molecule has 0 aliphatic rings. The number of rotatable bonds is 7. The van der Waals surface area contributed by atoms with Gasteiger partial charge in [0.1, 0.15) is 5.82 Å². The summed E-state index contributed by atoms with van der Waals surface area (Å²) < 4.78 is 14.4. The maximum atomic E-state index is 13.1. The normalized spacial score (nSPS) is 11.7. The van der Waals surface area contributed by atoms with Gasteiger partial charge in [-0.15, -0.1) is 0 Å². The SMILES string of the molecule is CNC(C)C(=O)Nc1nccn(Cc2cncc(C(=O)c3ccc(F)cc3)c2)c1=O. The Morgan fingerprint density at radius 2 is 1.90 bits per heavy atom. The molecule has 0 saturated carbocycles. The molecule has 1 amide bonds. The number of pyridine rings is 1. The highest BCUT2D eigenvalue weighted by atomic mass is 19.1. The van der Waals surface area contributed by atoms with E-state index in [1.807, 2.05) is 0 Å². The molecule has 0 aliphatic carbocycles. The molecule has 3 aromatic rings. The lowest BCUT2D eigenvalue weighted by Crippen LogP contribution is -2.38. The Bertz CT molecular complexity index is 1130. The number of ketones is 1. The van der Waals surface area contributed by atoms with Gasteiger partial charge in [0.05, 0.1) is 12.6 Å². The number of benzene rings is 1. The first-order valence-corrected chi connectivity index (χ1v) is 9.17. The van der Waals surface area contributed by atoms with Crippen molar-refractivity contribution in [2.24, 2.45) is 0 Å². The molecular formula is C21H20FN5O3. The Labute approximate surface area is 171 Å². The summed E-state index contributed by atoms with van der Waals surface area (Å²) in [5, 5.41) is 5.28. The molecule has 0 bridgehead atoms. The minimum atomic E-state index is -0.488. The van der Waals surface area contributed by atoms with E-state index in [9.17, 15) is 18.8 Å². The smallest absolute Gasteiger partial charge is 0.294 e. The fourth-order valence-corrected chi connectivity index (χ4v) is 2.68. The zero-order valence-electron chi connectivity index (χ0n) is 16.4. The number of amides is 1. The monoisotopic (exact) mass is 409 g/mol. The molecule has 0 aliphatic heterocycles. The van der Waals surface area contributed by atoms with E-state index >= 15 is 0 Å². The van der Waals surface area contributed by atoms with E-state index < -0.39 is 17.4 Å². The van der Waals surface area contributed by atoms with Crippen molar-refractivity contribution >= 4 is 17.5 Å². The lowest BCUT2D eigenvalue weighted by atomic mass is 10.0. The lowest BCUT2D eigenvalue weighted by Gasteiger charge is -2.12. The number of carbonyl (C=O) groups is 2. The second-order valence-corrected chi connectivity index (χ2v) is 6.63. The third kappa shape index (κ3) is 4.81. The zero-order valence-corrected chi connectivity index (χ0v) is 16.4. The first-order chi connectivity index (χ1) is 14.4. The number of likely N-dealkylation sites (N-methyl/N-ethyl adjacent to an activating group) is 1. The molecule has 2 N–H and O–H groups in total. The van der Waals surface area contributed by atoms with Crippen molar-refractivity contribution in [2.75, 3.05) is 12.4 Å². The van der Waals surface area contributed by atoms with E-state index in [-0.39, 0.29) is 24.1 Å². The number of hydrogen-bond acceptors (Lipinski definition) is 6. The average Bonchev–Trinajstić information content (AvgIpc) is 2.76. The van der Waals surface area contributed by atoms with Crippen molar-refractivity contribution < 1.29 is 14.0 Å². The molecule has 2 aromatic heterocycles. The van der Waals surface area contributed by atoms with Gasteiger partial charge < -0.3 is 15.2 Å². The van der Waals surface area contributed by atoms with Gasteiger partial charge in [-0.2, -0.15) is 0 Å². The number of nitrogens with zero attached hydrogens (tertiary/aromatic N) is 3. The molecule has 3 rings (SSSR count). The molecule has 0 spiro atoms. The molecule has 8 nitrogen and oxygen atoms in total. The summed E-state index contributed by atoms with van der Waals surface area (Å²) in [7, 11) is 1.63. The maximum Gasteiger partial charge on any atom is 0.294 e. The quantitative estimate of drug-likeness (QED) is 0.574. The molecule has 0 fully saturated rings. The van der Waals surface area contributed by atoms with Crippen LogP contribution in [0.25, 0.3) is 0 Å². The Kier molecular flexibility index (Phi) is 6.43. The Balaban J connectivity index is 1.82. The molecule has 9 heteroatoms. The van der Waals surface area contributed by atoms with Crippen molar-refractivity contribution in [1.29, 1.82) is 0 Å². The van der Waals surface area contributed by atoms with E-state index in [2.05, 4.69) is 20.6 Å². The standard InChI is InChI=1S/C21H20FN5O3/c1-13(23-2)20(29)26-19-21(30)27(8-7-25-19)12-14-9-16(11-24-10-14)18(28)15-3-5-17(22)6-4-15/h3-11,13,23H,12H2,1-2H3,(H,25,26,29). The topological polar surface area (TPSA) is 106 Å². The molecule has 30 heavy (non-hydrogen) atoms. The number of hydrogen-bond donors (Lipinski definition) is 2. The summed E-state index contributed by atoms with van der Waals surface area (Å²) in [4.78, 5) is 45.3. The van der Waals surface area contributed by atoms with Crippen LogP contribution in [0.1, 0.15) is 28.4 Å². The molecule has 1 atom stereocenters. The van der Waals surface area contributed by atoms with Crippen molar-refractivity contribution in [1.82, 2.24) is 19.9 Å². The Morgan fingerprint density at radius 1 is 1.17 bits per heavy atom. The van der Waals surface area contributed by atoms with Crippen LogP contribution in [-0.4, -0.2) is 39.3 Å². The Morgan fingerprint density at radius 3 is 2.60 bits per heavy atom. The predicted octanol–water partition coefficient (Wildman–Crippen LogP) is 1.60. The van der Waals surface area contributed by atoms with Gasteiger partial charge in [-0.05, 0) is 49.9 Å². The average molecular weight is 409 g/mol. The second-order valence-electron chi connectivity index (χ2n) is 6.63. The van der Waals surface area contributed by atoms with Gasteiger partial charge in [0, 0.05) is 35.9 Å². The van der Waals surface area contributed by atoms with Crippen molar-refractivity contribution in [3.63, 3.8) is 0 Å². The van der Waals surface area contributed by atoms with Gasteiger partial charge in [-0.3, -0.25) is 19.4 Å². The number of anilines is 1. The number of halogens is 1. The third-order valence-electron chi connectivity index (χ3n) is 4.50. The summed E-state index contributed by atoms with van der Waals surface area (Å²) in [6.07, 6.45) is 5.83. The zero-order chi connectivity index (χ0) is 21.7. The molecule has 154 valence electrons. The number of carbonyl (C=O) groups excluding carboxylic acids is 2. The summed E-state index contributed by atoms with van der Waals surface area (Å²) in [5.41, 5.74) is 0.777. The summed E-state index contributed by atoms with van der Waals surface area (Å²) >= 11 is 0. The van der Waals surface area contributed by atoms with Crippen LogP contribution in [0, 0.1) is 5.82 Å². The Hall–Kier alpha value is -3.72. The highest BCUT2D eigenvalue weighted by Gasteiger charge is 2.15. The highest BCUT2D eigenvalue weighted by Crippen LogP contribution is 2.12. The molecule has 1 aromatic carbocycles. The van der Waals surface area contributed by atoms with Gasteiger partial charge in [0.2, 0.25) is 5.91 Å². The first-order valence-electron chi connectivity index (χ1n) is 9.17. The van der Waals surface area contributed by atoms with E-state index in [1.54, 1.807) is 20.0 Å². The molecule has 2 heterocycles. The van der Waals surface area contributed by atoms with Crippen LogP contribution in [0.2, 0.25) is 0 Å². The summed E-state index contributed by atoms with van der Waals surface area (Å²) in [6.45, 7) is 1.79. The minimum absolute atomic E-state index is 0.0869. The fraction of sp³-hybridized carbons (Fsp3) is 0.190. The largest absolute Gasteiger partial charge is 0.309 e. The van der Waals surface area contributed by atoms with E-state index in [0.717, 1.165) is 0 Å². The number of nitrogens with one attached hydrogen (secondary N) is 2.